The maximum absolute atomic E-state index is 5.75. The highest BCUT2D eigenvalue weighted by molar-refractivity contribution is 4.81. The molecule has 2 heteroatoms. The minimum absolute atomic E-state index is 0.0997. The third-order valence-electron chi connectivity index (χ3n) is 2.48. The third-order valence-corrected chi connectivity index (χ3v) is 2.48. The molecule has 1 unspecified atom stereocenters. The molecule has 0 aromatic rings. The second-order valence-electron chi connectivity index (χ2n) is 4.41. The largest absolute Gasteiger partial charge is 0.373 e. The van der Waals surface area contributed by atoms with Gasteiger partial charge in [-0.2, -0.15) is 0 Å². The highest BCUT2D eigenvalue weighted by Crippen LogP contribution is 2.21. The summed E-state index contributed by atoms with van der Waals surface area (Å²) in [4.78, 5) is 0. The standard InChI is InChI=1S/C10H21NO/c1-9(2)4-5-10(3)8-11-6-7-12-10/h9,11H,4-8H2,1-3H3. The van der Waals surface area contributed by atoms with Gasteiger partial charge in [0, 0.05) is 13.1 Å². The van der Waals surface area contributed by atoms with Crippen LogP contribution in [-0.4, -0.2) is 25.3 Å². The van der Waals surface area contributed by atoms with Crippen molar-refractivity contribution in [1.29, 1.82) is 0 Å². The molecular weight excluding hydrogens is 150 g/mol. The molecule has 0 saturated carbocycles. The van der Waals surface area contributed by atoms with Gasteiger partial charge in [-0.15, -0.1) is 0 Å². The Balaban J connectivity index is 2.26. The Kier molecular flexibility index (Phi) is 3.53. The molecule has 0 aromatic heterocycles. The van der Waals surface area contributed by atoms with E-state index in [-0.39, 0.29) is 5.60 Å². The summed E-state index contributed by atoms with van der Waals surface area (Å²) in [7, 11) is 0. The molecule has 1 atom stereocenters. The van der Waals surface area contributed by atoms with Crippen LogP contribution >= 0.6 is 0 Å². The molecule has 1 heterocycles. The average Bonchev–Trinajstić information content (AvgIpc) is 2.03. The molecule has 1 saturated heterocycles. The molecule has 1 aliphatic rings. The molecule has 1 N–H and O–H groups in total. The molecule has 1 fully saturated rings. The smallest absolute Gasteiger partial charge is 0.0779 e. The van der Waals surface area contributed by atoms with Crippen molar-refractivity contribution >= 4 is 0 Å². The number of nitrogens with one attached hydrogen (secondary N) is 1. The Morgan fingerprint density at radius 3 is 2.75 bits per heavy atom. The quantitative estimate of drug-likeness (QED) is 0.699. The summed E-state index contributed by atoms with van der Waals surface area (Å²) in [5.74, 6) is 0.785. The van der Waals surface area contributed by atoms with Crippen molar-refractivity contribution in [2.75, 3.05) is 19.7 Å². The summed E-state index contributed by atoms with van der Waals surface area (Å²) in [6.45, 7) is 9.63. The Morgan fingerprint density at radius 2 is 2.25 bits per heavy atom. The van der Waals surface area contributed by atoms with Crippen LogP contribution in [0.1, 0.15) is 33.6 Å². The minimum Gasteiger partial charge on any atom is -0.373 e. The van der Waals surface area contributed by atoms with Crippen LogP contribution in [0.2, 0.25) is 0 Å². The Hall–Kier alpha value is -0.0800. The average molecular weight is 171 g/mol. The van der Waals surface area contributed by atoms with Crippen molar-refractivity contribution in [3.63, 3.8) is 0 Å². The normalized spacial score (nSPS) is 31.0. The van der Waals surface area contributed by atoms with Gasteiger partial charge >= 0.3 is 0 Å². The molecule has 0 aliphatic carbocycles. The van der Waals surface area contributed by atoms with E-state index < -0.39 is 0 Å². The van der Waals surface area contributed by atoms with Crippen LogP contribution in [0.3, 0.4) is 0 Å². The van der Waals surface area contributed by atoms with Crippen LogP contribution in [0.25, 0.3) is 0 Å². The van der Waals surface area contributed by atoms with Gasteiger partial charge in [0.05, 0.1) is 12.2 Å². The summed E-state index contributed by atoms with van der Waals surface area (Å²) < 4.78 is 5.75. The van der Waals surface area contributed by atoms with E-state index in [2.05, 4.69) is 26.1 Å². The highest BCUT2D eigenvalue weighted by Gasteiger charge is 2.27. The van der Waals surface area contributed by atoms with Gasteiger partial charge in [-0.1, -0.05) is 13.8 Å². The first kappa shape index (κ1) is 10.0. The van der Waals surface area contributed by atoms with Crippen LogP contribution in [0.5, 0.6) is 0 Å². The molecule has 1 aliphatic heterocycles. The van der Waals surface area contributed by atoms with Gasteiger partial charge in [0.1, 0.15) is 0 Å². The first-order valence-electron chi connectivity index (χ1n) is 4.97. The summed E-state index contributed by atoms with van der Waals surface area (Å²) in [6, 6.07) is 0. The summed E-state index contributed by atoms with van der Waals surface area (Å²) >= 11 is 0. The zero-order chi connectivity index (χ0) is 9.03. The van der Waals surface area contributed by atoms with E-state index in [1.807, 2.05) is 0 Å². The Bertz CT molecular complexity index is 128. The van der Waals surface area contributed by atoms with Crippen molar-refractivity contribution in [3.05, 3.63) is 0 Å². The van der Waals surface area contributed by atoms with Gasteiger partial charge in [-0.3, -0.25) is 0 Å². The Labute approximate surface area is 75.7 Å². The van der Waals surface area contributed by atoms with E-state index in [1.165, 1.54) is 12.8 Å². The Morgan fingerprint density at radius 1 is 1.50 bits per heavy atom. The van der Waals surface area contributed by atoms with Crippen molar-refractivity contribution in [2.45, 2.75) is 39.2 Å². The molecule has 0 amide bonds. The second-order valence-corrected chi connectivity index (χ2v) is 4.41. The van der Waals surface area contributed by atoms with E-state index >= 15 is 0 Å². The topological polar surface area (TPSA) is 21.3 Å². The van der Waals surface area contributed by atoms with E-state index in [9.17, 15) is 0 Å². The van der Waals surface area contributed by atoms with Gasteiger partial charge in [0.25, 0.3) is 0 Å². The predicted octanol–water partition coefficient (Wildman–Crippen LogP) is 1.80. The maximum Gasteiger partial charge on any atom is 0.0779 e. The van der Waals surface area contributed by atoms with Crippen LogP contribution in [-0.2, 0) is 4.74 Å². The van der Waals surface area contributed by atoms with Crippen LogP contribution < -0.4 is 5.32 Å². The lowest BCUT2D eigenvalue weighted by atomic mass is 9.94. The lowest BCUT2D eigenvalue weighted by molar-refractivity contribution is -0.0602. The molecule has 0 radical (unpaired) electrons. The number of hydrogen-bond acceptors (Lipinski definition) is 2. The molecule has 0 bridgehead atoms. The van der Waals surface area contributed by atoms with Crippen molar-refractivity contribution in [1.82, 2.24) is 5.32 Å². The predicted molar refractivity (Wildman–Crippen MR) is 51.3 cm³/mol. The second kappa shape index (κ2) is 4.24. The molecule has 1 rings (SSSR count). The zero-order valence-electron chi connectivity index (χ0n) is 8.52. The van der Waals surface area contributed by atoms with Crippen molar-refractivity contribution in [2.24, 2.45) is 5.92 Å². The fourth-order valence-electron chi connectivity index (χ4n) is 1.53. The molecule has 0 aromatic carbocycles. The monoisotopic (exact) mass is 171 g/mol. The molecule has 2 nitrogen and oxygen atoms in total. The molecular formula is C10H21NO. The van der Waals surface area contributed by atoms with E-state index in [0.717, 1.165) is 25.6 Å². The lowest BCUT2D eigenvalue weighted by Crippen LogP contribution is -2.47. The first-order valence-corrected chi connectivity index (χ1v) is 4.97. The van der Waals surface area contributed by atoms with Crippen LogP contribution in [0.15, 0.2) is 0 Å². The highest BCUT2D eigenvalue weighted by atomic mass is 16.5. The van der Waals surface area contributed by atoms with Crippen molar-refractivity contribution in [3.8, 4) is 0 Å². The summed E-state index contributed by atoms with van der Waals surface area (Å²) in [5, 5.41) is 3.37. The van der Waals surface area contributed by atoms with Gasteiger partial charge in [0.15, 0.2) is 0 Å². The maximum atomic E-state index is 5.75. The summed E-state index contributed by atoms with van der Waals surface area (Å²) in [5.41, 5.74) is 0.0997. The zero-order valence-corrected chi connectivity index (χ0v) is 8.52. The van der Waals surface area contributed by atoms with Crippen LogP contribution in [0.4, 0.5) is 0 Å². The van der Waals surface area contributed by atoms with E-state index in [0.29, 0.717) is 0 Å². The SMILES string of the molecule is CC(C)CCC1(C)CNCCO1. The van der Waals surface area contributed by atoms with E-state index in [1.54, 1.807) is 0 Å². The van der Waals surface area contributed by atoms with Gasteiger partial charge in [-0.25, -0.2) is 0 Å². The van der Waals surface area contributed by atoms with Gasteiger partial charge < -0.3 is 10.1 Å². The van der Waals surface area contributed by atoms with E-state index in [4.69, 9.17) is 4.74 Å². The van der Waals surface area contributed by atoms with Gasteiger partial charge in [-0.05, 0) is 25.7 Å². The number of ether oxygens (including phenoxy) is 1. The summed E-state index contributed by atoms with van der Waals surface area (Å²) in [6.07, 6.45) is 2.44. The van der Waals surface area contributed by atoms with Crippen LogP contribution in [0, 0.1) is 5.92 Å². The minimum atomic E-state index is 0.0997. The first-order chi connectivity index (χ1) is 5.62. The molecule has 72 valence electrons. The fraction of sp³-hybridized carbons (Fsp3) is 1.00. The number of rotatable bonds is 3. The molecule has 0 spiro atoms. The number of hydrogen-bond donors (Lipinski definition) is 1. The van der Waals surface area contributed by atoms with Crippen molar-refractivity contribution < 1.29 is 4.74 Å². The third kappa shape index (κ3) is 3.11. The fourth-order valence-corrected chi connectivity index (χ4v) is 1.53. The number of morpholine rings is 1. The van der Waals surface area contributed by atoms with Gasteiger partial charge in [0.2, 0.25) is 0 Å². The molecule has 12 heavy (non-hydrogen) atoms. The lowest BCUT2D eigenvalue weighted by Gasteiger charge is -2.35.